The molecule has 56 valence electrons. The highest BCUT2D eigenvalue weighted by Crippen LogP contribution is 2.25. The van der Waals surface area contributed by atoms with Gasteiger partial charge in [0.2, 0.25) is 0 Å². The Labute approximate surface area is 86.2 Å². The highest BCUT2D eigenvalue weighted by molar-refractivity contribution is 14.1. The molecule has 0 saturated heterocycles. The van der Waals surface area contributed by atoms with Crippen molar-refractivity contribution in [2.24, 2.45) is 0 Å². The van der Waals surface area contributed by atoms with Gasteiger partial charge in [-0.2, -0.15) is 0 Å². The lowest BCUT2D eigenvalue weighted by atomic mass is 10.5. The maximum absolute atomic E-state index is 5.78. The van der Waals surface area contributed by atoms with E-state index in [0.717, 1.165) is 13.1 Å². The van der Waals surface area contributed by atoms with Crippen molar-refractivity contribution in [2.45, 2.75) is 0 Å². The first-order valence-corrected chi connectivity index (χ1v) is 4.41. The van der Waals surface area contributed by atoms with E-state index in [1.165, 1.54) is 0 Å². The Morgan fingerprint density at radius 3 is 2.50 bits per heavy atom. The van der Waals surface area contributed by atoms with E-state index < -0.39 is 0 Å². The third-order valence-electron chi connectivity index (χ3n) is 0.795. The Balaban J connectivity index is 0.000000810. The summed E-state index contributed by atoms with van der Waals surface area (Å²) in [5.74, 6) is 0. The summed E-state index contributed by atoms with van der Waals surface area (Å²) in [5.41, 5.74) is 0. The van der Waals surface area contributed by atoms with Gasteiger partial charge in [-0.25, -0.2) is 0 Å². The van der Waals surface area contributed by atoms with Crippen LogP contribution in [0.4, 0.5) is 0 Å². The molecule has 10 heavy (non-hydrogen) atoms. The average molecular weight is 335 g/mol. The number of nitrogens with zero attached hydrogens (tertiary/aromatic N) is 1. The lowest BCUT2D eigenvalue weighted by molar-refractivity contribution is 1.29. The van der Waals surface area contributed by atoms with Crippen molar-refractivity contribution in [3.63, 3.8) is 0 Å². The van der Waals surface area contributed by atoms with E-state index in [9.17, 15) is 0 Å². The van der Waals surface area contributed by atoms with Crippen LogP contribution in [0.1, 0.15) is 0 Å². The number of hydrogen-bond acceptors (Lipinski definition) is 2. The Hall–Kier alpha value is 0.610. The topological polar surface area (TPSA) is 47.9 Å². The molecule has 0 radical (unpaired) electrons. The molecule has 0 unspecified atom stereocenters. The largest absolute Gasteiger partial charge is 0.344 e. The monoisotopic (exact) mass is 334 g/mol. The number of aromatic nitrogens is 1. The molecule has 0 amide bonds. The molecule has 0 fully saturated rings. The SMILES string of the molecule is Clc1c(Br)cncc1I.N. The smallest absolute Gasteiger partial charge is 0.0712 e. The minimum absolute atomic E-state index is 0. The summed E-state index contributed by atoms with van der Waals surface area (Å²) >= 11 is 11.2. The second-order valence-electron chi connectivity index (χ2n) is 1.42. The minimum atomic E-state index is 0. The molecule has 0 atom stereocenters. The number of halogens is 3. The van der Waals surface area contributed by atoms with E-state index in [0.29, 0.717) is 0 Å². The Bertz CT molecular complexity index is 211. The highest BCUT2D eigenvalue weighted by atomic mass is 127. The zero-order chi connectivity index (χ0) is 6.85. The van der Waals surface area contributed by atoms with Crippen LogP contribution in [0.2, 0.25) is 5.02 Å². The van der Waals surface area contributed by atoms with E-state index >= 15 is 0 Å². The molecule has 0 bridgehead atoms. The molecule has 1 heterocycles. The quantitative estimate of drug-likeness (QED) is 0.740. The lowest BCUT2D eigenvalue weighted by Crippen LogP contribution is -1.77. The minimum Gasteiger partial charge on any atom is -0.344 e. The highest BCUT2D eigenvalue weighted by Gasteiger charge is 1.98. The maximum Gasteiger partial charge on any atom is 0.0712 e. The normalized spacial score (nSPS) is 8.70. The molecular formula is C5H5BrClIN2. The molecule has 1 aromatic heterocycles. The molecule has 0 aliphatic heterocycles. The van der Waals surface area contributed by atoms with Crippen molar-refractivity contribution in [3.8, 4) is 0 Å². The van der Waals surface area contributed by atoms with E-state index in [1.807, 2.05) is 0 Å². The molecular weight excluding hydrogens is 330 g/mol. The summed E-state index contributed by atoms with van der Waals surface area (Å²) < 4.78 is 1.81. The van der Waals surface area contributed by atoms with Gasteiger partial charge in [0.25, 0.3) is 0 Å². The van der Waals surface area contributed by atoms with Gasteiger partial charge in [0.15, 0.2) is 0 Å². The van der Waals surface area contributed by atoms with E-state index in [1.54, 1.807) is 12.4 Å². The maximum atomic E-state index is 5.78. The summed E-state index contributed by atoms with van der Waals surface area (Å²) in [6, 6.07) is 0. The van der Waals surface area contributed by atoms with Gasteiger partial charge < -0.3 is 6.15 Å². The lowest BCUT2D eigenvalue weighted by Gasteiger charge is -1.94. The number of hydrogen-bond donors (Lipinski definition) is 1. The molecule has 5 heteroatoms. The van der Waals surface area contributed by atoms with Gasteiger partial charge in [0, 0.05) is 12.4 Å². The van der Waals surface area contributed by atoms with Gasteiger partial charge in [0.1, 0.15) is 0 Å². The Morgan fingerprint density at radius 2 is 2.10 bits per heavy atom. The van der Waals surface area contributed by atoms with Crippen LogP contribution in [0.3, 0.4) is 0 Å². The van der Waals surface area contributed by atoms with Gasteiger partial charge in [-0.1, -0.05) is 11.6 Å². The summed E-state index contributed by atoms with van der Waals surface area (Å²) in [6.07, 6.45) is 3.39. The van der Waals surface area contributed by atoms with Gasteiger partial charge >= 0.3 is 0 Å². The van der Waals surface area contributed by atoms with Gasteiger partial charge in [-0.3, -0.25) is 4.98 Å². The average Bonchev–Trinajstić information content (AvgIpc) is 1.83. The summed E-state index contributed by atoms with van der Waals surface area (Å²) in [5, 5.41) is 0.727. The first-order valence-electron chi connectivity index (χ1n) is 2.16. The Kier molecular flexibility index (Phi) is 4.75. The summed E-state index contributed by atoms with van der Waals surface area (Å²) in [6.45, 7) is 0. The first kappa shape index (κ1) is 10.6. The van der Waals surface area contributed by atoms with Crippen LogP contribution in [0.5, 0.6) is 0 Å². The predicted octanol–water partition coefficient (Wildman–Crippen LogP) is 3.26. The molecule has 0 saturated carbocycles. The fourth-order valence-electron chi connectivity index (χ4n) is 0.396. The van der Waals surface area contributed by atoms with Crippen molar-refractivity contribution in [1.29, 1.82) is 0 Å². The van der Waals surface area contributed by atoms with Gasteiger partial charge in [-0.05, 0) is 38.5 Å². The van der Waals surface area contributed by atoms with Crippen molar-refractivity contribution < 1.29 is 0 Å². The fraction of sp³-hybridized carbons (Fsp3) is 0. The van der Waals surface area contributed by atoms with Crippen LogP contribution < -0.4 is 6.15 Å². The van der Waals surface area contributed by atoms with E-state index in [2.05, 4.69) is 43.5 Å². The molecule has 2 nitrogen and oxygen atoms in total. The predicted molar refractivity (Wildman–Crippen MR) is 54.7 cm³/mol. The molecule has 1 aromatic rings. The first-order chi connectivity index (χ1) is 4.22. The second-order valence-corrected chi connectivity index (χ2v) is 3.81. The van der Waals surface area contributed by atoms with Crippen molar-refractivity contribution >= 4 is 50.1 Å². The second kappa shape index (κ2) is 4.48. The van der Waals surface area contributed by atoms with Crippen LogP contribution in [-0.2, 0) is 0 Å². The Morgan fingerprint density at radius 1 is 1.50 bits per heavy atom. The van der Waals surface area contributed by atoms with Crippen LogP contribution in [0.25, 0.3) is 0 Å². The third kappa shape index (κ3) is 2.34. The zero-order valence-corrected chi connectivity index (χ0v) is 9.44. The van der Waals surface area contributed by atoms with Crippen LogP contribution in [-0.4, -0.2) is 4.98 Å². The molecule has 0 aliphatic rings. The van der Waals surface area contributed by atoms with Crippen LogP contribution in [0, 0.1) is 3.57 Å². The zero-order valence-electron chi connectivity index (χ0n) is 4.94. The van der Waals surface area contributed by atoms with Crippen molar-refractivity contribution in [3.05, 3.63) is 25.5 Å². The van der Waals surface area contributed by atoms with Crippen LogP contribution in [0.15, 0.2) is 16.9 Å². The van der Waals surface area contributed by atoms with Gasteiger partial charge in [0.05, 0.1) is 13.1 Å². The van der Waals surface area contributed by atoms with E-state index in [4.69, 9.17) is 11.6 Å². The third-order valence-corrected chi connectivity index (χ3v) is 3.17. The fourth-order valence-corrected chi connectivity index (χ4v) is 1.65. The van der Waals surface area contributed by atoms with Gasteiger partial charge in [-0.15, -0.1) is 0 Å². The van der Waals surface area contributed by atoms with Crippen LogP contribution >= 0.6 is 50.1 Å². The van der Waals surface area contributed by atoms with E-state index in [-0.39, 0.29) is 6.15 Å². The molecule has 0 spiro atoms. The molecule has 3 N–H and O–H groups in total. The molecule has 0 aromatic carbocycles. The summed E-state index contributed by atoms with van der Waals surface area (Å²) in [7, 11) is 0. The molecule has 0 aliphatic carbocycles. The number of pyridine rings is 1. The number of rotatable bonds is 0. The van der Waals surface area contributed by atoms with Crippen molar-refractivity contribution in [1.82, 2.24) is 11.1 Å². The summed E-state index contributed by atoms with van der Waals surface area (Å²) in [4.78, 5) is 3.91. The van der Waals surface area contributed by atoms with Crippen molar-refractivity contribution in [2.75, 3.05) is 0 Å². The molecule has 1 rings (SSSR count). The standard InChI is InChI=1S/C5H2BrClIN.H3N/c6-3-1-9-2-4(8)5(3)7;/h1-2H;1H3.